The minimum absolute atomic E-state index is 0.142. The largest absolute Gasteiger partial charge is 0.495 e. The number of pyridine rings is 1. The highest BCUT2D eigenvalue weighted by Crippen LogP contribution is 2.35. The molecule has 1 aliphatic rings. The van der Waals surface area contributed by atoms with Crippen molar-refractivity contribution >= 4 is 11.6 Å². The first-order valence-corrected chi connectivity index (χ1v) is 14.7. The summed E-state index contributed by atoms with van der Waals surface area (Å²) in [7, 11) is 1.53. The fraction of sp³-hybridized carbons (Fsp3) is 0.273. The number of aryl methyl sites for hydroxylation is 1. The lowest BCUT2D eigenvalue weighted by Crippen LogP contribution is -2.26. The Kier molecular flexibility index (Phi) is 8.15. The molecule has 1 aliphatic heterocycles. The third-order valence-corrected chi connectivity index (χ3v) is 8.09. The lowest BCUT2D eigenvalue weighted by Gasteiger charge is -2.23. The number of anilines is 1. The van der Waals surface area contributed by atoms with E-state index in [0.29, 0.717) is 47.6 Å². The van der Waals surface area contributed by atoms with E-state index in [2.05, 4.69) is 25.6 Å². The number of fused-ring (bicyclic) bond motifs is 4. The molecule has 0 radical (unpaired) electrons. The number of carbonyl (C=O) groups excluding carboxylic acids is 1. The van der Waals surface area contributed by atoms with Crippen molar-refractivity contribution < 1.29 is 22.7 Å². The van der Waals surface area contributed by atoms with Gasteiger partial charge in [0.05, 0.1) is 54.6 Å². The van der Waals surface area contributed by atoms with E-state index in [1.165, 1.54) is 19.5 Å². The van der Waals surface area contributed by atoms with Crippen LogP contribution in [0.15, 0.2) is 78.1 Å². The van der Waals surface area contributed by atoms with Gasteiger partial charge in [-0.1, -0.05) is 48.4 Å². The first-order valence-electron chi connectivity index (χ1n) is 14.7. The number of halogens is 3. The number of alkyl halides is 3. The normalized spacial score (nSPS) is 17.0. The molecule has 0 fully saturated rings. The van der Waals surface area contributed by atoms with E-state index >= 15 is 0 Å². The fourth-order valence-corrected chi connectivity index (χ4v) is 5.60. The van der Waals surface area contributed by atoms with Crippen molar-refractivity contribution in [3.8, 4) is 34.0 Å². The number of rotatable bonds is 4. The Morgan fingerprint density at radius 3 is 2.59 bits per heavy atom. The summed E-state index contributed by atoms with van der Waals surface area (Å²) >= 11 is 0. The second kappa shape index (κ2) is 12.2. The molecular formula is C33H30F3N7O3. The van der Waals surface area contributed by atoms with Gasteiger partial charge in [-0.2, -0.15) is 13.2 Å². The van der Waals surface area contributed by atoms with Gasteiger partial charge in [-0.3, -0.25) is 19.1 Å². The number of carbonyl (C=O) groups is 1. The number of aromatic nitrogens is 6. The van der Waals surface area contributed by atoms with E-state index in [0.717, 1.165) is 27.6 Å². The predicted molar refractivity (Wildman–Crippen MR) is 165 cm³/mol. The first kappa shape index (κ1) is 30.7. The van der Waals surface area contributed by atoms with E-state index in [1.807, 2.05) is 38.1 Å². The monoisotopic (exact) mass is 629 g/mol. The van der Waals surface area contributed by atoms with E-state index < -0.39 is 17.9 Å². The molecule has 46 heavy (non-hydrogen) atoms. The highest BCUT2D eigenvalue weighted by molar-refractivity contribution is 5.96. The number of nitrogens with zero attached hydrogens (tertiary/aromatic N) is 6. The Bertz CT molecular complexity index is 1990. The average molecular weight is 630 g/mol. The number of methoxy groups -OCH3 is 1. The molecule has 6 rings (SSSR count). The second-order valence-corrected chi connectivity index (χ2v) is 11.3. The van der Waals surface area contributed by atoms with Crippen molar-refractivity contribution in [2.45, 2.75) is 45.3 Å². The Hall–Kier alpha value is -5.33. The van der Waals surface area contributed by atoms with Gasteiger partial charge in [-0.15, -0.1) is 5.10 Å². The van der Waals surface area contributed by atoms with Crippen molar-refractivity contribution in [3.05, 3.63) is 100 Å². The number of benzene rings is 2. The zero-order chi connectivity index (χ0) is 32.6. The first-order chi connectivity index (χ1) is 22.0. The quantitative estimate of drug-likeness (QED) is 0.250. The van der Waals surface area contributed by atoms with Crippen LogP contribution in [0.25, 0.3) is 28.2 Å². The molecule has 4 heterocycles. The summed E-state index contributed by atoms with van der Waals surface area (Å²) in [5.41, 5.74) is 3.06. The standard InChI is InChI=1S/C33H30F3N7O3/c1-19-10-11-28(43-17-29(40-41-43)33(34,35)36)24(12-19)25-15-30(44)42(18-38-25)27-9-4-6-20(2)32(45)39-26-14-23(46-3)16-37-31(26)22-8-5-7-21(27)13-22/h5,7-8,10-18,20,27H,4,6,9H2,1-3H3,(H,39,45)/t20-,27?/m1/s1. The molecule has 2 bridgehead atoms. The van der Waals surface area contributed by atoms with Crippen molar-refractivity contribution in [2.24, 2.45) is 5.92 Å². The molecule has 3 aromatic heterocycles. The lowest BCUT2D eigenvalue weighted by molar-refractivity contribution is -0.141. The van der Waals surface area contributed by atoms with Gasteiger partial charge in [0.25, 0.3) is 5.56 Å². The van der Waals surface area contributed by atoms with Gasteiger partial charge in [0.15, 0.2) is 5.69 Å². The predicted octanol–water partition coefficient (Wildman–Crippen LogP) is 6.24. The van der Waals surface area contributed by atoms with E-state index in [-0.39, 0.29) is 23.1 Å². The average Bonchev–Trinajstić information content (AvgIpc) is 3.54. The molecule has 0 saturated heterocycles. The highest BCUT2D eigenvalue weighted by atomic mass is 19.4. The summed E-state index contributed by atoms with van der Waals surface area (Å²) in [6.45, 7) is 3.69. The smallest absolute Gasteiger partial charge is 0.436 e. The summed E-state index contributed by atoms with van der Waals surface area (Å²) in [4.78, 5) is 36.1. The van der Waals surface area contributed by atoms with Crippen molar-refractivity contribution in [3.63, 3.8) is 0 Å². The Morgan fingerprint density at radius 1 is 1.02 bits per heavy atom. The molecule has 1 unspecified atom stereocenters. The maximum atomic E-state index is 13.8. The number of hydrogen-bond donors (Lipinski definition) is 1. The van der Waals surface area contributed by atoms with Crippen LogP contribution in [0.4, 0.5) is 18.9 Å². The SMILES string of the molecule is COc1cnc2c(c1)NC(=O)[C@H](C)CCCC(n1cnc(-c3cc(C)ccc3-n3cc(C(F)(F)F)nn3)cc1=O)c1cccc-2c1. The molecule has 1 amide bonds. The molecule has 0 aliphatic carbocycles. The summed E-state index contributed by atoms with van der Waals surface area (Å²) in [5, 5.41) is 9.95. The maximum absolute atomic E-state index is 13.8. The Balaban J connectivity index is 1.42. The highest BCUT2D eigenvalue weighted by Gasteiger charge is 2.35. The van der Waals surface area contributed by atoms with Gasteiger partial charge in [0.2, 0.25) is 5.91 Å². The summed E-state index contributed by atoms with van der Waals surface area (Å²) < 4.78 is 47.7. The van der Waals surface area contributed by atoms with Crippen LogP contribution in [-0.4, -0.2) is 42.5 Å². The van der Waals surface area contributed by atoms with Crippen LogP contribution < -0.4 is 15.6 Å². The van der Waals surface area contributed by atoms with Crippen LogP contribution in [0.3, 0.4) is 0 Å². The van der Waals surface area contributed by atoms with Crippen LogP contribution in [0.2, 0.25) is 0 Å². The van der Waals surface area contributed by atoms with Gasteiger partial charge < -0.3 is 10.1 Å². The second-order valence-electron chi connectivity index (χ2n) is 11.3. The van der Waals surface area contributed by atoms with Gasteiger partial charge in [-0.25, -0.2) is 9.67 Å². The number of nitrogens with one attached hydrogen (secondary N) is 1. The number of ether oxygens (including phenoxy) is 1. The lowest BCUT2D eigenvalue weighted by atomic mass is 9.94. The van der Waals surface area contributed by atoms with Crippen LogP contribution in [0.1, 0.15) is 49.0 Å². The molecule has 2 aromatic carbocycles. The maximum Gasteiger partial charge on any atom is 0.436 e. The van der Waals surface area contributed by atoms with Gasteiger partial charge >= 0.3 is 6.18 Å². The van der Waals surface area contributed by atoms with Gasteiger partial charge in [0.1, 0.15) is 5.75 Å². The van der Waals surface area contributed by atoms with Crippen LogP contribution in [0.5, 0.6) is 5.75 Å². The zero-order valence-electron chi connectivity index (χ0n) is 25.2. The molecule has 13 heteroatoms. The zero-order valence-corrected chi connectivity index (χ0v) is 25.2. The number of hydrogen-bond acceptors (Lipinski definition) is 7. The molecule has 5 aromatic rings. The number of amides is 1. The van der Waals surface area contributed by atoms with Crippen LogP contribution >= 0.6 is 0 Å². The molecule has 0 spiro atoms. The topological polar surface area (TPSA) is 117 Å². The van der Waals surface area contributed by atoms with E-state index in [4.69, 9.17) is 4.74 Å². The Labute approximate surface area is 261 Å². The molecular weight excluding hydrogens is 599 g/mol. The van der Waals surface area contributed by atoms with Gasteiger partial charge in [0, 0.05) is 29.2 Å². The summed E-state index contributed by atoms with van der Waals surface area (Å²) in [6, 6.07) is 15.4. The third-order valence-electron chi connectivity index (χ3n) is 8.09. The summed E-state index contributed by atoms with van der Waals surface area (Å²) in [5.74, 6) is 0.0625. The molecule has 2 atom stereocenters. The third kappa shape index (κ3) is 6.12. The van der Waals surface area contributed by atoms with E-state index in [9.17, 15) is 22.8 Å². The fourth-order valence-electron chi connectivity index (χ4n) is 5.60. The van der Waals surface area contributed by atoms with E-state index in [1.54, 1.807) is 35.0 Å². The molecule has 236 valence electrons. The van der Waals surface area contributed by atoms with Crippen LogP contribution in [0, 0.1) is 12.8 Å². The van der Waals surface area contributed by atoms with Crippen LogP contribution in [-0.2, 0) is 11.0 Å². The van der Waals surface area contributed by atoms with Gasteiger partial charge in [-0.05, 0) is 43.5 Å². The molecule has 10 nitrogen and oxygen atoms in total. The summed E-state index contributed by atoms with van der Waals surface area (Å²) in [6.07, 6.45) is 0.982. The minimum Gasteiger partial charge on any atom is -0.495 e. The molecule has 0 saturated carbocycles. The van der Waals surface area contributed by atoms with Crippen molar-refractivity contribution in [1.29, 1.82) is 0 Å². The minimum atomic E-state index is -4.65. The molecule has 1 N–H and O–H groups in total. The van der Waals surface area contributed by atoms with Crippen molar-refractivity contribution in [1.82, 2.24) is 29.5 Å². The van der Waals surface area contributed by atoms with Crippen molar-refractivity contribution in [2.75, 3.05) is 12.4 Å². The Morgan fingerprint density at radius 2 is 1.85 bits per heavy atom.